The van der Waals surface area contributed by atoms with Crippen LogP contribution in [-0.2, 0) is 0 Å². The lowest BCUT2D eigenvalue weighted by molar-refractivity contribution is 0.0661. The van der Waals surface area contributed by atoms with Gasteiger partial charge in [0.25, 0.3) is 0 Å². The highest BCUT2D eigenvalue weighted by molar-refractivity contribution is 7.20. The van der Waals surface area contributed by atoms with Gasteiger partial charge in [0.1, 0.15) is 4.34 Å². The normalized spacial score (nSPS) is 11.2. The highest BCUT2D eigenvalue weighted by Crippen LogP contribution is 2.38. The van der Waals surface area contributed by atoms with Crippen molar-refractivity contribution in [2.75, 3.05) is 0 Å². The molecule has 0 aliphatic carbocycles. The van der Waals surface area contributed by atoms with Crippen LogP contribution in [0.1, 0.15) is 36.0 Å². The molecule has 0 aromatic carbocycles. The molecule has 7 heteroatoms. The van der Waals surface area contributed by atoms with Gasteiger partial charge in [-0.25, -0.2) is 9.78 Å². The molecular formula is C11H9Cl2NO3S. The molecule has 0 unspecified atom stereocenters. The Hall–Kier alpha value is -1.04. The molecule has 0 atom stereocenters. The molecule has 0 amide bonds. The van der Waals surface area contributed by atoms with Gasteiger partial charge in [-0.3, -0.25) is 0 Å². The summed E-state index contributed by atoms with van der Waals surface area (Å²) in [5, 5.41) is 9.06. The number of aromatic carboxylic acids is 1. The maximum atomic E-state index is 11.1. The van der Waals surface area contributed by atoms with Crippen LogP contribution in [0, 0.1) is 0 Å². The SMILES string of the molecule is CC(C)c1nc(-c2cc(Cl)sc2Cl)oc1C(=O)O. The van der Waals surface area contributed by atoms with E-state index in [2.05, 4.69) is 4.98 Å². The second-order valence-corrected chi connectivity index (χ2v) is 6.22. The average Bonchev–Trinajstić information content (AvgIpc) is 2.81. The van der Waals surface area contributed by atoms with Gasteiger partial charge in [-0.1, -0.05) is 37.0 Å². The van der Waals surface area contributed by atoms with Gasteiger partial charge in [-0.05, 0) is 12.0 Å². The summed E-state index contributed by atoms with van der Waals surface area (Å²) in [6.45, 7) is 3.69. The molecule has 2 heterocycles. The maximum absolute atomic E-state index is 11.1. The van der Waals surface area contributed by atoms with Gasteiger partial charge in [-0.2, -0.15) is 0 Å². The van der Waals surface area contributed by atoms with E-state index >= 15 is 0 Å². The van der Waals surface area contributed by atoms with E-state index in [0.717, 1.165) is 0 Å². The number of aromatic nitrogens is 1. The third kappa shape index (κ3) is 2.39. The molecule has 1 N–H and O–H groups in total. The Morgan fingerprint density at radius 2 is 2.17 bits per heavy atom. The number of oxazole rings is 1. The number of nitrogens with zero attached hydrogens (tertiary/aromatic N) is 1. The molecular weight excluding hydrogens is 297 g/mol. The van der Waals surface area contributed by atoms with E-state index in [0.29, 0.717) is 19.9 Å². The second-order valence-electron chi connectivity index (χ2n) is 3.93. The van der Waals surface area contributed by atoms with Gasteiger partial charge in [-0.15, -0.1) is 11.3 Å². The van der Waals surface area contributed by atoms with Crippen molar-refractivity contribution in [3.63, 3.8) is 0 Å². The first kappa shape index (κ1) is 13.4. The van der Waals surface area contributed by atoms with Gasteiger partial charge >= 0.3 is 5.97 Å². The third-order valence-electron chi connectivity index (χ3n) is 2.28. The molecule has 2 rings (SSSR count). The van der Waals surface area contributed by atoms with Gasteiger partial charge in [0.2, 0.25) is 11.7 Å². The van der Waals surface area contributed by atoms with E-state index in [9.17, 15) is 4.79 Å². The number of carboxylic acid groups (broad SMARTS) is 1. The Labute approximate surface area is 117 Å². The Morgan fingerprint density at radius 1 is 1.50 bits per heavy atom. The molecule has 0 aliphatic heterocycles. The molecule has 0 bridgehead atoms. The van der Waals surface area contributed by atoms with Gasteiger partial charge in [0, 0.05) is 0 Å². The zero-order valence-electron chi connectivity index (χ0n) is 9.53. The van der Waals surface area contributed by atoms with Crippen LogP contribution in [0.5, 0.6) is 0 Å². The summed E-state index contributed by atoms with van der Waals surface area (Å²) in [4.78, 5) is 15.3. The van der Waals surface area contributed by atoms with Crippen molar-refractivity contribution >= 4 is 40.5 Å². The molecule has 18 heavy (non-hydrogen) atoms. The minimum Gasteiger partial charge on any atom is -0.475 e. The van der Waals surface area contributed by atoms with Gasteiger partial charge < -0.3 is 9.52 Å². The predicted octanol–water partition coefficient (Wildman–Crippen LogP) is 4.53. The number of hydrogen-bond acceptors (Lipinski definition) is 4. The molecule has 0 saturated carbocycles. The monoisotopic (exact) mass is 305 g/mol. The fourth-order valence-electron chi connectivity index (χ4n) is 1.48. The molecule has 2 aromatic heterocycles. The Morgan fingerprint density at radius 3 is 2.56 bits per heavy atom. The van der Waals surface area contributed by atoms with Crippen LogP contribution in [0.25, 0.3) is 11.5 Å². The molecule has 4 nitrogen and oxygen atoms in total. The first-order chi connectivity index (χ1) is 8.40. The van der Waals surface area contributed by atoms with Gasteiger partial charge in [0.15, 0.2) is 0 Å². The van der Waals surface area contributed by atoms with E-state index in [1.165, 1.54) is 11.3 Å². The summed E-state index contributed by atoms with van der Waals surface area (Å²) in [6.07, 6.45) is 0. The summed E-state index contributed by atoms with van der Waals surface area (Å²) in [7, 11) is 0. The fraction of sp³-hybridized carbons (Fsp3) is 0.273. The zero-order chi connectivity index (χ0) is 13.4. The van der Waals surface area contributed by atoms with E-state index in [1.807, 2.05) is 13.8 Å². The number of halogens is 2. The number of rotatable bonds is 3. The van der Waals surface area contributed by atoms with E-state index < -0.39 is 5.97 Å². The van der Waals surface area contributed by atoms with Crippen LogP contribution < -0.4 is 0 Å². The lowest BCUT2D eigenvalue weighted by Crippen LogP contribution is -2.01. The van der Waals surface area contributed by atoms with Crippen LogP contribution in [0.3, 0.4) is 0 Å². The second kappa shape index (κ2) is 4.91. The fourth-order valence-corrected chi connectivity index (χ4v) is 2.93. The highest BCUT2D eigenvalue weighted by atomic mass is 35.5. The van der Waals surface area contributed by atoms with E-state index in [4.69, 9.17) is 32.7 Å². The van der Waals surface area contributed by atoms with Crippen molar-refractivity contribution in [1.82, 2.24) is 4.98 Å². The number of thiophene rings is 1. The van der Waals surface area contributed by atoms with Crippen molar-refractivity contribution < 1.29 is 14.3 Å². The Kier molecular flexibility index (Phi) is 3.66. The van der Waals surface area contributed by atoms with Crippen molar-refractivity contribution in [3.8, 4) is 11.5 Å². The number of carboxylic acids is 1. The number of carbonyl (C=O) groups is 1. The molecule has 0 saturated heterocycles. The average molecular weight is 306 g/mol. The smallest absolute Gasteiger partial charge is 0.373 e. The lowest BCUT2D eigenvalue weighted by Gasteiger charge is -1.98. The molecule has 0 radical (unpaired) electrons. The van der Waals surface area contributed by atoms with Crippen molar-refractivity contribution in [3.05, 3.63) is 26.2 Å². The summed E-state index contributed by atoms with van der Waals surface area (Å²) in [5.74, 6) is -1.17. The molecule has 0 fully saturated rings. The molecule has 2 aromatic rings. The van der Waals surface area contributed by atoms with Crippen molar-refractivity contribution in [2.24, 2.45) is 0 Å². The van der Waals surface area contributed by atoms with Crippen LogP contribution in [0.15, 0.2) is 10.5 Å². The summed E-state index contributed by atoms with van der Waals surface area (Å²) >= 11 is 13.0. The van der Waals surface area contributed by atoms with Crippen LogP contribution in [0.4, 0.5) is 0 Å². The molecule has 96 valence electrons. The first-order valence-electron chi connectivity index (χ1n) is 5.09. The summed E-state index contributed by atoms with van der Waals surface area (Å²) in [5.41, 5.74) is 0.914. The Balaban J connectivity index is 2.56. The van der Waals surface area contributed by atoms with Crippen LogP contribution in [0.2, 0.25) is 8.67 Å². The lowest BCUT2D eigenvalue weighted by atomic mass is 10.1. The minimum absolute atomic E-state index is 0.0542. The summed E-state index contributed by atoms with van der Waals surface area (Å²) in [6, 6.07) is 1.61. The van der Waals surface area contributed by atoms with E-state index in [1.54, 1.807) is 6.07 Å². The van der Waals surface area contributed by atoms with Crippen molar-refractivity contribution in [1.29, 1.82) is 0 Å². The standard InChI is InChI=1S/C11H9Cl2NO3S/c1-4(2)7-8(11(15)16)17-10(14-7)5-3-6(12)18-9(5)13/h3-4H,1-2H3,(H,15,16). The molecule has 0 spiro atoms. The van der Waals surface area contributed by atoms with E-state index in [-0.39, 0.29) is 17.6 Å². The highest BCUT2D eigenvalue weighted by Gasteiger charge is 2.24. The number of hydrogen-bond donors (Lipinski definition) is 1. The topological polar surface area (TPSA) is 63.3 Å². The van der Waals surface area contributed by atoms with Crippen LogP contribution >= 0.6 is 34.5 Å². The predicted molar refractivity (Wildman–Crippen MR) is 70.9 cm³/mol. The first-order valence-corrected chi connectivity index (χ1v) is 6.66. The van der Waals surface area contributed by atoms with Crippen molar-refractivity contribution in [2.45, 2.75) is 19.8 Å². The zero-order valence-corrected chi connectivity index (χ0v) is 11.9. The quantitative estimate of drug-likeness (QED) is 0.904. The largest absolute Gasteiger partial charge is 0.475 e. The third-order valence-corrected chi connectivity index (χ3v) is 3.77. The summed E-state index contributed by atoms with van der Waals surface area (Å²) < 4.78 is 6.19. The van der Waals surface area contributed by atoms with Crippen LogP contribution in [-0.4, -0.2) is 16.1 Å². The minimum atomic E-state index is -1.14. The Bertz CT molecular complexity index is 603. The maximum Gasteiger partial charge on any atom is 0.373 e. The molecule has 0 aliphatic rings. The van der Waals surface area contributed by atoms with Gasteiger partial charge in [0.05, 0.1) is 15.6 Å².